The van der Waals surface area contributed by atoms with Crippen molar-refractivity contribution >= 4 is 62.0 Å². The van der Waals surface area contributed by atoms with Crippen LogP contribution < -0.4 is 53.8 Å². The number of carboxylic acid groups (broad SMARTS) is 1. The number of nitrogens with one attached hydrogen (secondary N) is 7. The van der Waals surface area contributed by atoms with E-state index in [-0.39, 0.29) is 62.5 Å². The summed E-state index contributed by atoms with van der Waals surface area (Å²) in [7, 11) is -0.722. The molecule has 16 N–H and O–H groups in total. The number of hydrogen-bond donors (Lipinski definition) is 12. The number of carboxylic acids is 1. The highest BCUT2D eigenvalue weighted by Gasteiger charge is 2.34. The van der Waals surface area contributed by atoms with Crippen LogP contribution in [0.4, 0.5) is 5.69 Å². The van der Waals surface area contributed by atoms with Gasteiger partial charge in [-0.25, -0.2) is 23.2 Å². The summed E-state index contributed by atoms with van der Waals surface area (Å²) in [6.45, 7) is 0.681. The standard InChI is InChI=1S/C42H63N15O8S/c1-57(2)35-15-7-11-29-28(35)10-8-16-36(29)66(64,65)56-34(21-27-23-48-25-51-27)40(61)53-30(12-3-5-17-43)37(58)52-31(14-9-19-49-42(45)46)38(59)55-33(20-26-22-47-24-50-26)39(60)54-32(41(62)63)13-4-6-18-44/h7-8,10-11,15-16,22-25,30-34,56H,3-6,9,12-14,17-21,43-44H2,1-2H3,(H,47,50)(H,48,51)(H,52,58)(H,53,61)(H,54,60)(H,55,59)(H,62,63)(H4,45,46,49)/t30-,31-,32+,33-,34-/m0/s1. The third-order valence-corrected chi connectivity index (χ3v) is 12.1. The first kappa shape index (κ1) is 52.0. The van der Waals surface area contributed by atoms with Gasteiger partial charge in [0.2, 0.25) is 33.7 Å². The second-order valence-corrected chi connectivity index (χ2v) is 17.5. The molecule has 4 rings (SSSR count). The van der Waals surface area contributed by atoms with Crippen molar-refractivity contribution in [2.45, 2.75) is 99.3 Å². The lowest BCUT2D eigenvalue weighted by molar-refractivity contribution is -0.142. The molecule has 0 aliphatic rings. The van der Waals surface area contributed by atoms with E-state index >= 15 is 0 Å². The summed E-state index contributed by atoms with van der Waals surface area (Å²) in [5.74, 6) is -4.73. The molecule has 2 aromatic heterocycles. The number of carbonyl (C=O) groups excluding carboxylic acids is 4. The molecule has 66 heavy (non-hydrogen) atoms. The highest BCUT2D eigenvalue weighted by Crippen LogP contribution is 2.30. The Bertz CT molecular complexity index is 2340. The van der Waals surface area contributed by atoms with Crippen LogP contribution in [0.3, 0.4) is 0 Å². The number of benzene rings is 2. The van der Waals surface area contributed by atoms with Crippen LogP contribution in [0.15, 0.2) is 71.3 Å². The van der Waals surface area contributed by atoms with Crippen molar-refractivity contribution in [1.82, 2.24) is 45.9 Å². The number of amides is 4. The maximum atomic E-state index is 14.3. The van der Waals surface area contributed by atoms with Crippen molar-refractivity contribution in [2.24, 2.45) is 27.9 Å². The van der Waals surface area contributed by atoms with Gasteiger partial charge in [-0.2, -0.15) is 4.72 Å². The van der Waals surface area contributed by atoms with Gasteiger partial charge in [0.05, 0.1) is 17.6 Å². The zero-order chi connectivity index (χ0) is 48.2. The van der Waals surface area contributed by atoms with Crippen molar-refractivity contribution < 1.29 is 37.5 Å². The topological polar surface area (TPSA) is 377 Å². The number of hydrogen-bond acceptors (Lipinski definition) is 13. The number of aliphatic carboxylic acids is 1. The van der Waals surface area contributed by atoms with E-state index in [2.05, 4.69) is 50.9 Å². The van der Waals surface area contributed by atoms with Crippen LogP contribution in [0.1, 0.15) is 62.8 Å². The molecule has 2 aromatic carbocycles. The Labute approximate surface area is 383 Å². The van der Waals surface area contributed by atoms with Crippen LogP contribution in [0.5, 0.6) is 0 Å². The van der Waals surface area contributed by atoms with E-state index in [1.807, 2.05) is 25.1 Å². The van der Waals surface area contributed by atoms with E-state index in [9.17, 15) is 37.5 Å². The van der Waals surface area contributed by atoms with Gasteiger partial charge >= 0.3 is 5.97 Å². The monoisotopic (exact) mass is 937 g/mol. The predicted octanol–water partition coefficient (Wildman–Crippen LogP) is -1.18. The normalized spacial score (nSPS) is 13.7. The van der Waals surface area contributed by atoms with Gasteiger partial charge in [-0.1, -0.05) is 24.3 Å². The Morgan fingerprint density at radius 3 is 1.70 bits per heavy atom. The number of sulfonamides is 1. The molecule has 0 unspecified atom stereocenters. The lowest BCUT2D eigenvalue weighted by atomic mass is 10.0. The van der Waals surface area contributed by atoms with Crippen LogP contribution in [0.2, 0.25) is 0 Å². The minimum atomic E-state index is -4.40. The quantitative estimate of drug-likeness (QED) is 0.0173. The number of aliphatic imine (C=N–C) groups is 1. The second kappa shape index (κ2) is 25.8. The molecule has 4 amide bonds. The van der Waals surface area contributed by atoms with Crippen molar-refractivity contribution in [3.8, 4) is 0 Å². The smallest absolute Gasteiger partial charge is 0.326 e. The van der Waals surface area contributed by atoms with E-state index in [1.165, 1.54) is 31.1 Å². The predicted molar refractivity (Wildman–Crippen MR) is 248 cm³/mol. The largest absolute Gasteiger partial charge is 0.480 e. The van der Waals surface area contributed by atoms with E-state index in [0.29, 0.717) is 54.4 Å². The van der Waals surface area contributed by atoms with E-state index in [4.69, 9.17) is 22.9 Å². The second-order valence-electron chi connectivity index (χ2n) is 15.9. The van der Waals surface area contributed by atoms with Gasteiger partial charge in [0.25, 0.3) is 0 Å². The van der Waals surface area contributed by atoms with Gasteiger partial charge in [-0.15, -0.1) is 0 Å². The summed E-state index contributed by atoms with van der Waals surface area (Å²) in [5, 5.41) is 21.5. The van der Waals surface area contributed by atoms with Gasteiger partial charge in [0.1, 0.15) is 30.2 Å². The molecular formula is C42H63N15O8S. The highest BCUT2D eigenvalue weighted by molar-refractivity contribution is 7.89. The van der Waals surface area contributed by atoms with E-state index < -0.39 is 69.8 Å². The van der Waals surface area contributed by atoms with Gasteiger partial charge in [-0.3, -0.25) is 24.2 Å². The number of nitrogens with two attached hydrogens (primary N) is 4. The molecule has 24 heteroatoms. The molecule has 23 nitrogen and oxygen atoms in total. The number of imidazole rings is 2. The molecular weight excluding hydrogens is 875 g/mol. The van der Waals surface area contributed by atoms with Crippen LogP contribution >= 0.6 is 0 Å². The first-order chi connectivity index (χ1) is 31.5. The van der Waals surface area contributed by atoms with Crippen LogP contribution in [0, 0.1) is 0 Å². The number of aromatic nitrogens is 4. The Balaban J connectivity index is 1.63. The fourth-order valence-electron chi connectivity index (χ4n) is 7.14. The lowest BCUT2D eigenvalue weighted by Crippen LogP contribution is -2.59. The summed E-state index contributed by atoms with van der Waals surface area (Å²) in [5.41, 5.74) is 24.0. The molecule has 0 bridgehead atoms. The molecule has 4 aromatic rings. The number of H-pyrrole nitrogens is 2. The molecule has 0 radical (unpaired) electrons. The number of nitrogens with zero attached hydrogens (tertiary/aromatic N) is 4. The number of unbranched alkanes of at least 4 members (excludes halogenated alkanes) is 2. The minimum absolute atomic E-state index is 0.0445. The summed E-state index contributed by atoms with van der Waals surface area (Å²) in [4.78, 5) is 88.0. The summed E-state index contributed by atoms with van der Waals surface area (Å²) < 4.78 is 31.0. The van der Waals surface area contributed by atoms with Gasteiger partial charge < -0.3 is 64.2 Å². The first-order valence-electron chi connectivity index (χ1n) is 21.6. The third kappa shape index (κ3) is 15.8. The molecule has 360 valence electrons. The Morgan fingerprint density at radius 2 is 1.17 bits per heavy atom. The number of aromatic amines is 2. The van der Waals surface area contributed by atoms with E-state index in [0.717, 1.165) is 5.69 Å². The third-order valence-electron chi connectivity index (χ3n) is 10.6. The number of guanidine groups is 1. The number of carbonyl (C=O) groups is 5. The van der Waals surface area contributed by atoms with Gasteiger partial charge in [0.15, 0.2) is 5.96 Å². The summed E-state index contributed by atoms with van der Waals surface area (Å²) in [6.07, 6.45) is 7.39. The van der Waals surface area contributed by atoms with E-state index in [1.54, 1.807) is 24.3 Å². The lowest BCUT2D eigenvalue weighted by Gasteiger charge is -2.27. The molecule has 0 aliphatic carbocycles. The number of anilines is 1. The maximum Gasteiger partial charge on any atom is 0.326 e. The molecule has 2 heterocycles. The minimum Gasteiger partial charge on any atom is -0.480 e. The van der Waals surface area contributed by atoms with Crippen LogP contribution in [-0.2, 0) is 46.8 Å². The number of rotatable bonds is 29. The Kier molecular flexibility index (Phi) is 20.3. The van der Waals surface area contributed by atoms with Crippen LogP contribution in [0.25, 0.3) is 10.8 Å². The zero-order valence-electron chi connectivity index (χ0n) is 37.2. The fraction of sp³-hybridized carbons (Fsp3) is 0.476. The zero-order valence-corrected chi connectivity index (χ0v) is 38.0. The fourth-order valence-corrected chi connectivity index (χ4v) is 8.56. The summed E-state index contributed by atoms with van der Waals surface area (Å²) >= 11 is 0. The average Bonchev–Trinajstić information content (AvgIpc) is 4.00. The molecule has 0 saturated carbocycles. The maximum absolute atomic E-state index is 14.3. The molecule has 0 aliphatic heterocycles. The van der Waals surface area contributed by atoms with Gasteiger partial charge in [0, 0.05) is 73.7 Å². The first-order valence-corrected chi connectivity index (χ1v) is 23.1. The molecule has 0 saturated heterocycles. The average molecular weight is 938 g/mol. The molecule has 0 spiro atoms. The van der Waals surface area contributed by atoms with Crippen molar-refractivity contribution in [2.75, 3.05) is 38.6 Å². The van der Waals surface area contributed by atoms with Crippen molar-refractivity contribution in [3.05, 3.63) is 72.8 Å². The SMILES string of the molecule is CN(C)c1cccc2c(S(=O)(=O)N[C@@H](Cc3cnc[nH]3)C(=O)N[C@@H](CCCCN)C(=O)N[C@@H](CCCN=C(N)N)C(=O)N[C@@H](Cc3cnc[nH]3)C(=O)N[C@H](CCCCN)C(=O)O)cccc12. The highest BCUT2D eigenvalue weighted by atomic mass is 32.2. The summed E-state index contributed by atoms with van der Waals surface area (Å²) in [6, 6.07) is 3.40. The van der Waals surface area contributed by atoms with Gasteiger partial charge in [-0.05, 0) is 76.6 Å². The Morgan fingerprint density at radius 1 is 0.682 bits per heavy atom. The van der Waals surface area contributed by atoms with Crippen molar-refractivity contribution in [1.29, 1.82) is 0 Å². The Hall–Kier alpha value is -6.63. The number of fused-ring (bicyclic) bond motifs is 1. The molecule has 5 atom stereocenters. The van der Waals surface area contributed by atoms with Crippen LogP contribution in [-0.4, -0.2) is 133 Å². The van der Waals surface area contributed by atoms with Crippen molar-refractivity contribution in [3.63, 3.8) is 0 Å². The molecule has 0 fully saturated rings.